The molecule has 1 fully saturated rings. The standard InChI is InChI=1S/C40H43NO2P2S/c1-29-6-16-35(17-7-29)44(36-18-8-30(2)9-19-36)28-34-26-39(27-41(34)46(42,43)40-24-14-33(5)15-25-40)45(37-20-10-31(3)11-21-37)38-22-12-32(4)13-23-38/h6-25,34,39H,26-28H2,1-5H3/t34-,39-/m0/s1. The van der Waals surface area contributed by atoms with Crippen LogP contribution in [0.15, 0.2) is 126 Å². The van der Waals surface area contributed by atoms with E-state index in [1.54, 1.807) is 12.1 Å². The van der Waals surface area contributed by atoms with Crippen molar-refractivity contribution in [1.82, 2.24) is 4.31 Å². The number of hydrogen-bond acceptors (Lipinski definition) is 2. The van der Waals surface area contributed by atoms with Crippen molar-refractivity contribution in [2.75, 3.05) is 12.7 Å². The van der Waals surface area contributed by atoms with Crippen LogP contribution in [0.3, 0.4) is 0 Å². The smallest absolute Gasteiger partial charge is 0.207 e. The molecule has 1 aliphatic rings. The second-order valence-electron chi connectivity index (χ2n) is 12.8. The van der Waals surface area contributed by atoms with Crippen molar-refractivity contribution in [2.24, 2.45) is 0 Å². The molecule has 0 aliphatic carbocycles. The summed E-state index contributed by atoms with van der Waals surface area (Å²) in [4.78, 5) is 0.383. The predicted molar refractivity (Wildman–Crippen MR) is 199 cm³/mol. The van der Waals surface area contributed by atoms with Gasteiger partial charge in [-0.1, -0.05) is 137 Å². The van der Waals surface area contributed by atoms with Crippen molar-refractivity contribution >= 4 is 47.1 Å². The Bertz CT molecular complexity index is 1780. The van der Waals surface area contributed by atoms with Crippen molar-refractivity contribution < 1.29 is 8.42 Å². The molecule has 0 radical (unpaired) electrons. The lowest BCUT2D eigenvalue weighted by molar-refractivity contribution is 0.412. The molecule has 0 aromatic heterocycles. The Balaban J connectivity index is 1.44. The van der Waals surface area contributed by atoms with Gasteiger partial charge in [0, 0.05) is 18.2 Å². The van der Waals surface area contributed by atoms with E-state index < -0.39 is 25.9 Å². The molecule has 1 heterocycles. The number of hydrogen-bond donors (Lipinski definition) is 0. The average molecular weight is 664 g/mol. The molecule has 0 unspecified atom stereocenters. The van der Waals surface area contributed by atoms with Crippen LogP contribution in [0.2, 0.25) is 0 Å². The van der Waals surface area contributed by atoms with E-state index in [0.717, 1.165) is 18.1 Å². The largest absolute Gasteiger partial charge is 0.243 e. The predicted octanol–water partition coefficient (Wildman–Crippen LogP) is 7.63. The quantitative estimate of drug-likeness (QED) is 0.152. The number of rotatable bonds is 9. The third-order valence-corrected chi connectivity index (χ3v) is 16.4. The van der Waals surface area contributed by atoms with Gasteiger partial charge < -0.3 is 0 Å². The van der Waals surface area contributed by atoms with Gasteiger partial charge in [-0.05, 0) is 96.4 Å². The first kappa shape index (κ1) is 32.8. The molecule has 3 nitrogen and oxygen atoms in total. The van der Waals surface area contributed by atoms with E-state index in [0.29, 0.717) is 11.4 Å². The van der Waals surface area contributed by atoms with Crippen LogP contribution in [0.4, 0.5) is 0 Å². The SMILES string of the molecule is Cc1ccc(P(C[C@@H]2C[C@H](P(c3ccc(C)cc3)c3ccc(C)cc3)CN2S(=O)(=O)c2ccc(C)cc2)c2ccc(C)cc2)cc1. The van der Waals surface area contributed by atoms with E-state index >= 15 is 0 Å². The maximum absolute atomic E-state index is 14.6. The molecule has 0 bridgehead atoms. The van der Waals surface area contributed by atoms with Crippen molar-refractivity contribution in [3.05, 3.63) is 149 Å². The summed E-state index contributed by atoms with van der Waals surface area (Å²) in [7, 11) is -5.30. The van der Waals surface area contributed by atoms with Gasteiger partial charge in [-0.2, -0.15) is 4.31 Å². The van der Waals surface area contributed by atoms with Gasteiger partial charge in [-0.15, -0.1) is 0 Å². The summed E-state index contributed by atoms with van der Waals surface area (Å²) in [6, 6.07) is 42.8. The Labute approximate surface area is 278 Å². The van der Waals surface area contributed by atoms with E-state index in [4.69, 9.17) is 0 Å². The molecule has 0 amide bonds. The molecular weight excluding hydrogens is 620 g/mol. The summed E-state index contributed by atoms with van der Waals surface area (Å²) in [5.74, 6) is 0. The fraction of sp³-hybridized carbons (Fsp3) is 0.250. The van der Waals surface area contributed by atoms with Crippen LogP contribution in [0.1, 0.15) is 34.2 Å². The molecule has 46 heavy (non-hydrogen) atoms. The minimum Gasteiger partial charge on any atom is -0.207 e. The molecule has 5 aromatic carbocycles. The van der Waals surface area contributed by atoms with Crippen LogP contribution >= 0.6 is 15.8 Å². The summed E-state index contributed by atoms with van der Waals surface area (Å²) in [6.45, 7) is 11.0. The number of aryl methyl sites for hydroxylation is 5. The minimum atomic E-state index is -3.72. The highest BCUT2D eigenvalue weighted by atomic mass is 32.2. The van der Waals surface area contributed by atoms with Gasteiger partial charge in [0.25, 0.3) is 0 Å². The molecule has 6 rings (SSSR count). The van der Waals surface area contributed by atoms with Gasteiger partial charge in [-0.25, -0.2) is 8.42 Å². The van der Waals surface area contributed by atoms with Crippen LogP contribution < -0.4 is 21.2 Å². The van der Waals surface area contributed by atoms with Crippen LogP contribution in [0.25, 0.3) is 0 Å². The second kappa shape index (κ2) is 13.9. The van der Waals surface area contributed by atoms with Crippen molar-refractivity contribution in [3.8, 4) is 0 Å². The first-order valence-electron chi connectivity index (χ1n) is 16.0. The molecule has 1 saturated heterocycles. The Morgan fingerprint density at radius 1 is 0.543 bits per heavy atom. The fourth-order valence-electron chi connectivity index (χ4n) is 6.36. The maximum Gasteiger partial charge on any atom is 0.243 e. The second-order valence-corrected chi connectivity index (χ2v) is 19.4. The number of nitrogens with zero attached hydrogens (tertiary/aromatic N) is 1. The van der Waals surface area contributed by atoms with Gasteiger partial charge in [0.2, 0.25) is 10.0 Å². The highest BCUT2D eigenvalue weighted by Gasteiger charge is 2.44. The molecule has 1 aliphatic heterocycles. The van der Waals surface area contributed by atoms with Crippen LogP contribution in [0.5, 0.6) is 0 Å². The Morgan fingerprint density at radius 2 is 0.891 bits per heavy atom. The Hall–Kier alpha value is -3.13. The monoisotopic (exact) mass is 663 g/mol. The van der Waals surface area contributed by atoms with Gasteiger partial charge >= 0.3 is 0 Å². The Kier molecular flexibility index (Phi) is 9.93. The summed E-state index contributed by atoms with van der Waals surface area (Å²) in [6.07, 6.45) is 1.61. The van der Waals surface area contributed by atoms with E-state index in [9.17, 15) is 8.42 Å². The van der Waals surface area contributed by atoms with E-state index in [1.165, 1.54) is 43.5 Å². The highest BCUT2D eigenvalue weighted by molar-refractivity contribution is 7.89. The van der Waals surface area contributed by atoms with E-state index in [-0.39, 0.29) is 11.7 Å². The van der Waals surface area contributed by atoms with E-state index in [2.05, 4.69) is 125 Å². The van der Waals surface area contributed by atoms with Crippen molar-refractivity contribution in [1.29, 1.82) is 0 Å². The summed E-state index contributed by atoms with van der Waals surface area (Å²) < 4.78 is 31.0. The van der Waals surface area contributed by atoms with Gasteiger partial charge in [0.1, 0.15) is 0 Å². The lowest BCUT2D eigenvalue weighted by Crippen LogP contribution is -2.39. The zero-order valence-electron chi connectivity index (χ0n) is 27.4. The zero-order valence-corrected chi connectivity index (χ0v) is 30.0. The van der Waals surface area contributed by atoms with Crippen molar-refractivity contribution in [3.63, 3.8) is 0 Å². The minimum absolute atomic E-state index is 0.120. The fourth-order valence-corrected chi connectivity index (χ4v) is 13.6. The molecule has 5 aromatic rings. The highest BCUT2D eigenvalue weighted by Crippen LogP contribution is 2.49. The summed E-state index contributed by atoms with van der Waals surface area (Å²) in [5, 5.41) is 5.20. The third-order valence-electron chi connectivity index (χ3n) is 9.04. The molecular formula is C40H43NO2P2S. The summed E-state index contributed by atoms with van der Waals surface area (Å²) in [5.41, 5.74) is 6.18. The summed E-state index contributed by atoms with van der Waals surface area (Å²) >= 11 is 0. The van der Waals surface area contributed by atoms with Crippen molar-refractivity contribution in [2.45, 2.75) is 57.6 Å². The average Bonchev–Trinajstić information content (AvgIpc) is 3.47. The molecule has 2 atom stereocenters. The van der Waals surface area contributed by atoms with E-state index in [1.807, 2.05) is 23.4 Å². The maximum atomic E-state index is 14.6. The molecule has 0 spiro atoms. The Morgan fingerprint density at radius 3 is 1.28 bits per heavy atom. The van der Waals surface area contributed by atoms with Gasteiger partial charge in [0.05, 0.1) is 4.90 Å². The first-order chi connectivity index (χ1) is 22.1. The lowest BCUT2D eigenvalue weighted by atomic mass is 10.2. The molecule has 0 saturated carbocycles. The van der Waals surface area contributed by atoms with Crippen LogP contribution in [0, 0.1) is 34.6 Å². The normalized spacial score (nSPS) is 17.2. The first-order valence-corrected chi connectivity index (χ1v) is 20.4. The molecule has 236 valence electrons. The third kappa shape index (κ3) is 7.22. The van der Waals surface area contributed by atoms with Crippen LogP contribution in [-0.2, 0) is 10.0 Å². The number of sulfonamides is 1. The molecule has 6 heteroatoms. The lowest BCUT2D eigenvalue weighted by Gasteiger charge is -2.28. The zero-order chi connectivity index (χ0) is 32.4. The van der Waals surface area contributed by atoms with Crippen LogP contribution in [-0.4, -0.2) is 37.1 Å². The van der Waals surface area contributed by atoms with Gasteiger partial charge in [0.15, 0.2) is 0 Å². The molecule has 0 N–H and O–H groups in total. The number of benzene rings is 5. The topological polar surface area (TPSA) is 37.4 Å². The van der Waals surface area contributed by atoms with Gasteiger partial charge in [-0.3, -0.25) is 0 Å².